The molecule has 0 radical (unpaired) electrons. The maximum Gasteiger partial charge on any atom is 0.233 e. The van der Waals surface area contributed by atoms with Crippen LogP contribution in [0.15, 0.2) is 4.34 Å². The van der Waals surface area contributed by atoms with Gasteiger partial charge < -0.3 is 10.6 Å². The summed E-state index contributed by atoms with van der Waals surface area (Å²) in [6.45, 7) is 0.929. The van der Waals surface area contributed by atoms with Crippen molar-refractivity contribution < 1.29 is 4.79 Å². The molecule has 2 aliphatic rings. The molecule has 110 valence electrons. The van der Waals surface area contributed by atoms with Crippen LogP contribution < -0.4 is 5.73 Å². The van der Waals surface area contributed by atoms with E-state index in [9.17, 15) is 4.79 Å². The Bertz CT molecular complexity index is 477. The van der Waals surface area contributed by atoms with Crippen LogP contribution in [-0.4, -0.2) is 39.3 Å². The number of thioether (sulfide) groups is 1. The molecular formula is C13H20N4OS2. The van der Waals surface area contributed by atoms with Gasteiger partial charge in [-0.05, 0) is 31.6 Å². The molecule has 3 rings (SSSR count). The number of hydrogen-bond donors (Lipinski definition) is 1. The Morgan fingerprint density at radius 2 is 2.10 bits per heavy atom. The van der Waals surface area contributed by atoms with E-state index >= 15 is 0 Å². The molecule has 2 fully saturated rings. The van der Waals surface area contributed by atoms with E-state index in [1.165, 1.54) is 55.2 Å². The highest BCUT2D eigenvalue weighted by Gasteiger charge is 2.35. The minimum Gasteiger partial charge on any atom is -0.374 e. The van der Waals surface area contributed by atoms with Crippen molar-refractivity contribution in [2.45, 2.75) is 48.9 Å². The Hall–Kier alpha value is -0.820. The first-order valence-corrected chi connectivity index (χ1v) is 9.05. The number of fused-ring (bicyclic) bond motifs is 1. The van der Waals surface area contributed by atoms with Crippen LogP contribution in [0.25, 0.3) is 0 Å². The molecule has 0 unspecified atom stereocenters. The van der Waals surface area contributed by atoms with E-state index in [0.29, 0.717) is 16.9 Å². The number of hydrogen-bond acceptors (Lipinski definition) is 6. The molecule has 1 aromatic rings. The first-order valence-electron chi connectivity index (χ1n) is 7.25. The van der Waals surface area contributed by atoms with Gasteiger partial charge in [-0.2, -0.15) is 0 Å². The summed E-state index contributed by atoms with van der Waals surface area (Å²) in [5.74, 6) is 1.45. The average molecular weight is 312 g/mol. The van der Waals surface area contributed by atoms with Crippen LogP contribution in [0.1, 0.15) is 38.5 Å². The van der Waals surface area contributed by atoms with Crippen LogP contribution in [0.2, 0.25) is 0 Å². The molecule has 2 atom stereocenters. The van der Waals surface area contributed by atoms with Crippen molar-refractivity contribution in [2.75, 3.05) is 18.0 Å². The Kier molecular flexibility index (Phi) is 4.45. The molecule has 2 heterocycles. The van der Waals surface area contributed by atoms with Crippen LogP contribution in [0.5, 0.6) is 0 Å². The van der Waals surface area contributed by atoms with E-state index in [0.717, 1.165) is 23.2 Å². The molecule has 7 heteroatoms. The fourth-order valence-corrected chi connectivity index (χ4v) is 4.94. The zero-order valence-electron chi connectivity index (χ0n) is 11.5. The number of amides is 1. The summed E-state index contributed by atoms with van der Waals surface area (Å²) in [4.78, 5) is 14.6. The SMILES string of the molecule is Nc1nnc(SCC(=O)N2CCC[C@H]3CCCC[C@@H]32)s1. The Balaban J connectivity index is 1.58. The second kappa shape index (κ2) is 6.30. The Morgan fingerprint density at radius 1 is 1.30 bits per heavy atom. The summed E-state index contributed by atoms with van der Waals surface area (Å²) in [6.07, 6.45) is 7.55. The monoisotopic (exact) mass is 312 g/mol. The van der Waals surface area contributed by atoms with E-state index < -0.39 is 0 Å². The van der Waals surface area contributed by atoms with Crippen molar-refractivity contribution in [1.82, 2.24) is 15.1 Å². The number of nitrogens with zero attached hydrogens (tertiary/aromatic N) is 3. The molecule has 5 nitrogen and oxygen atoms in total. The van der Waals surface area contributed by atoms with E-state index in [-0.39, 0.29) is 5.91 Å². The van der Waals surface area contributed by atoms with Gasteiger partial charge in [-0.3, -0.25) is 4.79 Å². The number of likely N-dealkylation sites (tertiary alicyclic amines) is 1. The quantitative estimate of drug-likeness (QED) is 0.868. The lowest BCUT2D eigenvalue weighted by molar-refractivity contribution is -0.134. The lowest BCUT2D eigenvalue weighted by Crippen LogP contribution is -2.50. The standard InChI is InChI=1S/C13H20N4OS2/c14-12-15-16-13(20-12)19-8-11(18)17-7-3-5-9-4-1-2-6-10(9)17/h9-10H,1-8H2,(H2,14,15)/t9-,10+/m1/s1. The van der Waals surface area contributed by atoms with Crippen molar-refractivity contribution in [3.05, 3.63) is 0 Å². The third-order valence-corrected chi connectivity index (χ3v) is 6.18. The van der Waals surface area contributed by atoms with Gasteiger partial charge in [0.05, 0.1) is 5.75 Å². The van der Waals surface area contributed by atoms with Gasteiger partial charge >= 0.3 is 0 Å². The highest BCUT2D eigenvalue weighted by molar-refractivity contribution is 8.01. The van der Waals surface area contributed by atoms with Gasteiger partial charge in [-0.25, -0.2) is 0 Å². The predicted octanol–water partition coefficient (Wildman–Crippen LogP) is 2.39. The summed E-state index contributed by atoms with van der Waals surface area (Å²) in [7, 11) is 0. The Labute approximate surface area is 127 Å². The number of carbonyl (C=O) groups is 1. The summed E-state index contributed by atoms with van der Waals surface area (Å²) in [6, 6.07) is 0.491. The molecule has 1 aliphatic carbocycles. The van der Waals surface area contributed by atoms with Gasteiger partial charge in [0.2, 0.25) is 11.0 Å². The lowest BCUT2D eigenvalue weighted by Gasteiger charge is -2.44. The van der Waals surface area contributed by atoms with Crippen LogP contribution >= 0.6 is 23.1 Å². The molecule has 0 spiro atoms. The molecule has 20 heavy (non-hydrogen) atoms. The van der Waals surface area contributed by atoms with E-state index in [1.807, 2.05) is 0 Å². The second-order valence-electron chi connectivity index (χ2n) is 5.54. The summed E-state index contributed by atoms with van der Waals surface area (Å²) < 4.78 is 0.785. The van der Waals surface area contributed by atoms with Crippen molar-refractivity contribution in [3.8, 4) is 0 Å². The fraction of sp³-hybridized carbons (Fsp3) is 0.769. The third kappa shape index (κ3) is 3.09. The van der Waals surface area contributed by atoms with E-state index in [1.54, 1.807) is 0 Å². The summed E-state index contributed by atoms with van der Waals surface area (Å²) in [5, 5.41) is 8.19. The molecule has 1 saturated carbocycles. The summed E-state index contributed by atoms with van der Waals surface area (Å²) in [5.41, 5.74) is 5.55. The van der Waals surface area contributed by atoms with Gasteiger partial charge in [0.1, 0.15) is 0 Å². The van der Waals surface area contributed by atoms with Gasteiger partial charge in [0.15, 0.2) is 4.34 Å². The maximum absolute atomic E-state index is 12.5. The van der Waals surface area contributed by atoms with Crippen LogP contribution in [0.4, 0.5) is 5.13 Å². The highest BCUT2D eigenvalue weighted by Crippen LogP contribution is 2.35. The second-order valence-corrected chi connectivity index (χ2v) is 7.77. The van der Waals surface area contributed by atoms with Gasteiger partial charge in [-0.1, -0.05) is 35.9 Å². The average Bonchev–Trinajstić information content (AvgIpc) is 2.90. The van der Waals surface area contributed by atoms with Crippen molar-refractivity contribution in [1.29, 1.82) is 0 Å². The number of nitrogens with two attached hydrogens (primary N) is 1. The molecule has 2 N–H and O–H groups in total. The largest absolute Gasteiger partial charge is 0.374 e. The molecule has 1 amide bonds. The number of aromatic nitrogens is 2. The van der Waals surface area contributed by atoms with E-state index in [2.05, 4.69) is 15.1 Å². The number of anilines is 1. The van der Waals surface area contributed by atoms with Gasteiger partial charge in [0, 0.05) is 12.6 Å². The van der Waals surface area contributed by atoms with Crippen LogP contribution in [-0.2, 0) is 4.79 Å². The van der Waals surface area contributed by atoms with Crippen molar-refractivity contribution >= 4 is 34.1 Å². The van der Waals surface area contributed by atoms with E-state index in [4.69, 9.17) is 5.73 Å². The molecule has 1 saturated heterocycles. The minimum absolute atomic E-state index is 0.250. The molecular weight excluding hydrogens is 292 g/mol. The zero-order valence-corrected chi connectivity index (χ0v) is 13.1. The number of rotatable bonds is 3. The van der Waals surface area contributed by atoms with Crippen LogP contribution in [0, 0.1) is 5.92 Å². The first kappa shape index (κ1) is 14.1. The number of nitrogen functional groups attached to an aromatic ring is 1. The summed E-state index contributed by atoms with van der Waals surface area (Å²) >= 11 is 2.80. The highest BCUT2D eigenvalue weighted by atomic mass is 32.2. The maximum atomic E-state index is 12.5. The zero-order chi connectivity index (χ0) is 13.9. The molecule has 1 aliphatic heterocycles. The van der Waals surface area contributed by atoms with Crippen LogP contribution in [0.3, 0.4) is 0 Å². The number of carbonyl (C=O) groups excluding carboxylic acids is 1. The Morgan fingerprint density at radius 3 is 2.90 bits per heavy atom. The molecule has 0 bridgehead atoms. The van der Waals surface area contributed by atoms with Crippen molar-refractivity contribution in [3.63, 3.8) is 0 Å². The predicted molar refractivity (Wildman–Crippen MR) is 81.7 cm³/mol. The van der Waals surface area contributed by atoms with Gasteiger partial charge in [0.25, 0.3) is 0 Å². The smallest absolute Gasteiger partial charge is 0.233 e. The minimum atomic E-state index is 0.250. The topological polar surface area (TPSA) is 72.1 Å². The molecule has 1 aromatic heterocycles. The van der Waals surface area contributed by atoms with Gasteiger partial charge in [-0.15, -0.1) is 10.2 Å². The number of piperidine rings is 1. The third-order valence-electron chi connectivity index (χ3n) is 4.30. The lowest BCUT2D eigenvalue weighted by atomic mass is 9.78. The fourth-order valence-electron chi connectivity index (χ4n) is 3.42. The van der Waals surface area contributed by atoms with Crippen molar-refractivity contribution in [2.24, 2.45) is 5.92 Å². The molecule has 0 aromatic carbocycles. The first-order chi connectivity index (χ1) is 9.74. The normalized spacial score (nSPS) is 26.3.